The van der Waals surface area contributed by atoms with Gasteiger partial charge in [-0.1, -0.05) is 0 Å². The molecule has 1 aromatic heterocycles. The van der Waals surface area contributed by atoms with E-state index in [0.717, 1.165) is 5.01 Å². The van der Waals surface area contributed by atoms with Crippen molar-refractivity contribution in [3.8, 4) is 0 Å². The molecule has 7 heteroatoms. The predicted molar refractivity (Wildman–Crippen MR) is 60.5 cm³/mol. The standard InChI is InChI=1S/C11H8F4N2S/c1-5-17-6(4-18-5)3-16-11-9(14)7(12)2-8(13)10(11)15/h2,4,16H,3H2,1H3. The van der Waals surface area contributed by atoms with E-state index in [4.69, 9.17) is 0 Å². The number of rotatable bonds is 3. The fraction of sp³-hybridized carbons (Fsp3) is 0.182. The summed E-state index contributed by atoms with van der Waals surface area (Å²) in [5.41, 5.74) is -0.279. The summed E-state index contributed by atoms with van der Waals surface area (Å²) in [4.78, 5) is 4.05. The van der Waals surface area contributed by atoms with E-state index in [2.05, 4.69) is 10.3 Å². The van der Waals surface area contributed by atoms with Crippen LogP contribution in [0.1, 0.15) is 10.7 Å². The first kappa shape index (κ1) is 12.8. The van der Waals surface area contributed by atoms with Gasteiger partial charge in [0.1, 0.15) is 5.69 Å². The Morgan fingerprint density at radius 2 is 1.78 bits per heavy atom. The number of nitrogens with zero attached hydrogens (tertiary/aromatic N) is 1. The number of aryl methyl sites for hydroxylation is 1. The Balaban J connectivity index is 2.24. The normalized spacial score (nSPS) is 10.7. The second-order valence-corrected chi connectivity index (χ2v) is 4.62. The SMILES string of the molecule is Cc1nc(CNc2c(F)c(F)cc(F)c2F)cs1. The number of thiazole rings is 1. The highest BCUT2D eigenvalue weighted by atomic mass is 32.1. The number of hydrogen-bond acceptors (Lipinski definition) is 3. The van der Waals surface area contributed by atoms with E-state index in [-0.39, 0.29) is 12.6 Å². The summed E-state index contributed by atoms with van der Waals surface area (Å²) in [6.45, 7) is 1.76. The van der Waals surface area contributed by atoms with Gasteiger partial charge in [-0.25, -0.2) is 22.5 Å². The fourth-order valence-corrected chi connectivity index (χ4v) is 2.01. The summed E-state index contributed by atoms with van der Waals surface area (Å²) in [6.07, 6.45) is 0. The Morgan fingerprint density at radius 1 is 1.17 bits per heavy atom. The average Bonchev–Trinajstić information content (AvgIpc) is 2.73. The first-order chi connectivity index (χ1) is 8.49. The highest BCUT2D eigenvalue weighted by molar-refractivity contribution is 7.09. The van der Waals surface area contributed by atoms with Gasteiger partial charge in [0.25, 0.3) is 0 Å². The van der Waals surface area contributed by atoms with Gasteiger partial charge < -0.3 is 5.32 Å². The van der Waals surface area contributed by atoms with Crippen LogP contribution in [0.3, 0.4) is 0 Å². The van der Waals surface area contributed by atoms with Gasteiger partial charge in [-0.3, -0.25) is 0 Å². The lowest BCUT2D eigenvalue weighted by atomic mass is 10.2. The molecular formula is C11H8F4N2S. The van der Waals surface area contributed by atoms with Crippen molar-refractivity contribution in [3.05, 3.63) is 45.4 Å². The molecule has 0 aliphatic carbocycles. The Bertz CT molecular complexity index is 556. The third kappa shape index (κ3) is 2.45. The molecule has 0 fully saturated rings. The molecule has 2 rings (SSSR count). The first-order valence-corrected chi connectivity index (χ1v) is 5.85. The Morgan fingerprint density at radius 3 is 2.28 bits per heavy atom. The first-order valence-electron chi connectivity index (χ1n) is 4.97. The lowest BCUT2D eigenvalue weighted by molar-refractivity contribution is 0.458. The maximum Gasteiger partial charge on any atom is 0.185 e. The average molecular weight is 276 g/mol. The van der Waals surface area contributed by atoms with Crippen LogP contribution in [-0.4, -0.2) is 4.98 Å². The minimum atomic E-state index is -1.44. The zero-order valence-electron chi connectivity index (χ0n) is 9.23. The van der Waals surface area contributed by atoms with Crippen LogP contribution < -0.4 is 5.32 Å². The monoisotopic (exact) mass is 276 g/mol. The summed E-state index contributed by atoms with van der Waals surface area (Å²) in [5, 5.41) is 4.78. The van der Waals surface area contributed by atoms with Gasteiger partial charge in [-0.15, -0.1) is 11.3 Å². The minimum absolute atomic E-state index is 0.0128. The number of aromatic nitrogens is 1. The number of anilines is 1. The van der Waals surface area contributed by atoms with E-state index in [1.54, 1.807) is 12.3 Å². The molecular weight excluding hydrogens is 268 g/mol. The largest absolute Gasteiger partial charge is 0.374 e. The Hall–Kier alpha value is -1.63. The van der Waals surface area contributed by atoms with Crippen molar-refractivity contribution in [2.45, 2.75) is 13.5 Å². The van der Waals surface area contributed by atoms with E-state index in [1.165, 1.54) is 11.3 Å². The highest BCUT2D eigenvalue weighted by Crippen LogP contribution is 2.24. The van der Waals surface area contributed by atoms with E-state index < -0.39 is 29.0 Å². The smallest absolute Gasteiger partial charge is 0.185 e. The minimum Gasteiger partial charge on any atom is -0.374 e. The van der Waals surface area contributed by atoms with Crippen LogP contribution in [-0.2, 0) is 6.54 Å². The van der Waals surface area contributed by atoms with Crippen molar-refractivity contribution < 1.29 is 17.6 Å². The van der Waals surface area contributed by atoms with E-state index in [1.807, 2.05) is 0 Å². The molecule has 0 aliphatic rings. The van der Waals surface area contributed by atoms with Crippen LogP contribution in [0, 0.1) is 30.2 Å². The molecule has 2 nitrogen and oxygen atoms in total. The molecule has 1 heterocycles. The molecule has 0 aliphatic heterocycles. The van der Waals surface area contributed by atoms with Crippen LogP contribution in [0.25, 0.3) is 0 Å². The van der Waals surface area contributed by atoms with Crippen molar-refractivity contribution in [2.75, 3.05) is 5.32 Å². The van der Waals surface area contributed by atoms with Gasteiger partial charge in [0.2, 0.25) is 0 Å². The maximum absolute atomic E-state index is 13.3. The third-order valence-electron chi connectivity index (χ3n) is 2.22. The van der Waals surface area contributed by atoms with Crippen LogP contribution in [0.4, 0.5) is 23.2 Å². The summed E-state index contributed by atoms with van der Waals surface area (Å²) in [7, 11) is 0. The van der Waals surface area contributed by atoms with Gasteiger partial charge in [0.15, 0.2) is 23.3 Å². The molecule has 0 bridgehead atoms. The number of hydrogen-bond donors (Lipinski definition) is 1. The van der Waals surface area contributed by atoms with Gasteiger partial charge in [0.05, 0.1) is 17.2 Å². The number of halogens is 4. The second kappa shape index (κ2) is 4.93. The third-order valence-corrected chi connectivity index (χ3v) is 3.05. The van der Waals surface area contributed by atoms with E-state index >= 15 is 0 Å². The van der Waals surface area contributed by atoms with E-state index in [9.17, 15) is 17.6 Å². The molecule has 0 atom stereocenters. The molecule has 0 spiro atoms. The topological polar surface area (TPSA) is 24.9 Å². The summed E-state index contributed by atoms with van der Waals surface area (Å²) < 4.78 is 52.4. The molecule has 0 saturated heterocycles. The summed E-state index contributed by atoms with van der Waals surface area (Å²) in [6, 6.07) is 0.169. The number of benzene rings is 1. The fourth-order valence-electron chi connectivity index (χ4n) is 1.40. The Kier molecular flexibility index (Phi) is 3.51. The molecule has 0 unspecified atom stereocenters. The second-order valence-electron chi connectivity index (χ2n) is 3.55. The summed E-state index contributed by atoms with van der Waals surface area (Å²) >= 11 is 1.37. The molecule has 1 N–H and O–H groups in total. The van der Waals surface area contributed by atoms with Crippen LogP contribution in [0.2, 0.25) is 0 Å². The lowest BCUT2D eigenvalue weighted by Crippen LogP contribution is -2.07. The van der Waals surface area contributed by atoms with Crippen molar-refractivity contribution in [1.82, 2.24) is 4.98 Å². The van der Waals surface area contributed by atoms with Gasteiger partial charge in [-0.2, -0.15) is 0 Å². The quantitative estimate of drug-likeness (QED) is 0.684. The Labute approximate surface area is 104 Å². The van der Waals surface area contributed by atoms with Gasteiger partial charge in [0, 0.05) is 11.4 Å². The molecule has 2 aromatic rings. The highest BCUT2D eigenvalue weighted by Gasteiger charge is 2.18. The van der Waals surface area contributed by atoms with Crippen molar-refractivity contribution in [1.29, 1.82) is 0 Å². The molecule has 0 amide bonds. The molecule has 96 valence electrons. The van der Waals surface area contributed by atoms with Crippen molar-refractivity contribution in [2.24, 2.45) is 0 Å². The summed E-state index contributed by atoms with van der Waals surface area (Å²) in [5.74, 6) is -5.77. The van der Waals surface area contributed by atoms with Crippen LogP contribution >= 0.6 is 11.3 Å². The van der Waals surface area contributed by atoms with E-state index in [0.29, 0.717) is 5.69 Å². The zero-order valence-corrected chi connectivity index (χ0v) is 10.0. The van der Waals surface area contributed by atoms with Crippen LogP contribution in [0.5, 0.6) is 0 Å². The molecule has 0 saturated carbocycles. The van der Waals surface area contributed by atoms with Crippen LogP contribution in [0.15, 0.2) is 11.4 Å². The van der Waals surface area contributed by atoms with Gasteiger partial charge in [-0.05, 0) is 6.92 Å². The predicted octanol–water partition coefficient (Wildman–Crippen LogP) is 3.62. The lowest BCUT2D eigenvalue weighted by Gasteiger charge is -2.08. The van der Waals surface area contributed by atoms with Gasteiger partial charge >= 0.3 is 0 Å². The molecule has 18 heavy (non-hydrogen) atoms. The molecule has 0 radical (unpaired) electrons. The number of nitrogens with one attached hydrogen (secondary N) is 1. The maximum atomic E-state index is 13.3. The zero-order chi connectivity index (χ0) is 13.3. The van der Waals surface area contributed by atoms with Crippen molar-refractivity contribution in [3.63, 3.8) is 0 Å². The van der Waals surface area contributed by atoms with Crippen molar-refractivity contribution >= 4 is 17.0 Å². The molecule has 1 aromatic carbocycles.